The number of rotatable bonds is 4. The molecule has 2 aromatic rings. The fourth-order valence-electron chi connectivity index (χ4n) is 5.24. The summed E-state index contributed by atoms with van der Waals surface area (Å²) in [6.45, 7) is 2.87. The highest BCUT2D eigenvalue weighted by atomic mass is 35.5. The monoisotopic (exact) mass is 402 g/mol. The number of benzene rings is 1. The van der Waals surface area contributed by atoms with Crippen molar-refractivity contribution in [1.82, 2.24) is 9.88 Å². The summed E-state index contributed by atoms with van der Waals surface area (Å²) in [4.78, 5) is 29.8. The van der Waals surface area contributed by atoms with E-state index in [-0.39, 0.29) is 23.8 Å². The molecule has 4 atom stereocenters. The minimum atomic E-state index is -0.688. The number of nitrogens with one attached hydrogen (secondary N) is 1. The van der Waals surface area contributed by atoms with Crippen LogP contribution in [-0.2, 0) is 9.59 Å². The Morgan fingerprint density at radius 2 is 2.14 bits per heavy atom. The molecule has 1 aliphatic heterocycles. The second-order valence-electron chi connectivity index (χ2n) is 8.42. The number of H-pyrrole nitrogens is 1. The summed E-state index contributed by atoms with van der Waals surface area (Å²) in [6, 6.07) is 6.00. The van der Waals surface area contributed by atoms with Crippen LogP contribution in [0.2, 0.25) is 5.02 Å². The highest BCUT2D eigenvalue weighted by Gasteiger charge is 2.40. The Morgan fingerprint density at radius 1 is 1.32 bits per heavy atom. The van der Waals surface area contributed by atoms with Crippen LogP contribution >= 0.6 is 11.6 Å². The maximum Gasteiger partial charge on any atom is 0.306 e. The van der Waals surface area contributed by atoms with E-state index in [2.05, 4.69) is 11.9 Å². The normalized spacial score (nSPS) is 26.1. The molecule has 2 N–H and O–H groups in total. The van der Waals surface area contributed by atoms with Gasteiger partial charge < -0.3 is 15.0 Å². The van der Waals surface area contributed by atoms with E-state index in [0.29, 0.717) is 30.2 Å². The number of nitrogens with zero attached hydrogens (tertiary/aromatic N) is 1. The molecule has 1 amide bonds. The van der Waals surface area contributed by atoms with Crippen molar-refractivity contribution in [2.24, 2.45) is 11.8 Å². The third-order valence-electron chi connectivity index (χ3n) is 6.68. The van der Waals surface area contributed by atoms with Gasteiger partial charge in [0.25, 0.3) is 0 Å². The van der Waals surface area contributed by atoms with Gasteiger partial charge in [-0.25, -0.2) is 0 Å². The van der Waals surface area contributed by atoms with E-state index in [1.54, 1.807) is 0 Å². The third kappa shape index (κ3) is 3.52. The van der Waals surface area contributed by atoms with Crippen LogP contribution in [0.3, 0.4) is 0 Å². The zero-order chi connectivity index (χ0) is 19.8. The standard InChI is InChI=1S/C22H27ClN2O3/c1-13(16-12-24-18-6-2-5-17(23)21(16)18)10-20(26)25-9-3-4-14-11-15(22(27)28)7-8-19(14)25/h2,5-6,12-15,19,24H,3-4,7-11H2,1H3,(H,27,28). The molecule has 0 bridgehead atoms. The van der Waals surface area contributed by atoms with E-state index in [4.69, 9.17) is 11.6 Å². The number of aromatic amines is 1. The van der Waals surface area contributed by atoms with Gasteiger partial charge in [-0.3, -0.25) is 9.59 Å². The second kappa shape index (κ2) is 7.78. The van der Waals surface area contributed by atoms with Crippen LogP contribution in [0.4, 0.5) is 0 Å². The molecule has 1 saturated heterocycles. The van der Waals surface area contributed by atoms with Gasteiger partial charge in [0.05, 0.1) is 10.9 Å². The summed E-state index contributed by atoms with van der Waals surface area (Å²) in [5.74, 6) is -0.366. The van der Waals surface area contributed by atoms with E-state index in [9.17, 15) is 14.7 Å². The molecule has 150 valence electrons. The molecule has 28 heavy (non-hydrogen) atoms. The van der Waals surface area contributed by atoms with Crippen molar-refractivity contribution in [3.05, 3.63) is 35.0 Å². The number of amides is 1. The number of aliphatic carboxylic acids is 1. The SMILES string of the molecule is CC(CC(=O)N1CCCC2CC(C(=O)O)CCC21)c1c[nH]c2cccc(Cl)c12. The molecule has 2 fully saturated rings. The molecule has 2 aliphatic rings. The first-order valence-corrected chi connectivity index (χ1v) is 10.6. The highest BCUT2D eigenvalue weighted by molar-refractivity contribution is 6.35. The Balaban J connectivity index is 1.48. The fourth-order valence-corrected chi connectivity index (χ4v) is 5.52. The predicted molar refractivity (Wildman–Crippen MR) is 110 cm³/mol. The largest absolute Gasteiger partial charge is 0.481 e. The Kier molecular flexibility index (Phi) is 5.37. The lowest BCUT2D eigenvalue weighted by Crippen LogP contribution is -2.51. The van der Waals surface area contributed by atoms with E-state index in [1.165, 1.54) is 0 Å². The Morgan fingerprint density at radius 3 is 2.93 bits per heavy atom. The average molecular weight is 403 g/mol. The zero-order valence-corrected chi connectivity index (χ0v) is 16.9. The minimum absolute atomic E-state index is 0.0666. The molecule has 5 nitrogen and oxygen atoms in total. The number of aromatic nitrogens is 1. The number of fused-ring (bicyclic) bond motifs is 2. The Labute approximate surface area is 170 Å². The van der Waals surface area contributed by atoms with Crippen molar-refractivity contribution in [2.75, 3.05) is 6.54 Å². The predicted octanol–water partition coefficient (Wildman–Crippen LogP) is 4.81. The maximum atomic E-state index is 13.2. The summed E-state index contributed by atoms with van der Waals surface area (Å²) < 4.78 is 0. The molecule has 6 heteroatoms. The smallest absolute Gasteiger partial charge is 0.306 e. The molecule has 0 spiro atoms. The van der Waals surface area contributed by atoms with Crippen LogP contribution in [0, 0.1) is 11.8 Å². The third-order valence-corrected chi connectivity index (χ3v) is 7.00. The van der Waals surface area contributed by atoms with E-state index < -0.39 is 5.97 Å². The second-order valence-corrected chi connectivity index (χ2v) is 8.82. The van der Waals surface area contributed by atoms with Crippen LogP contribution in [0.15, 0.2) is 24.4 Å². The molecule has 2 heterocycles. The van der Waals surface area contributed by atoms with Gasteiger partial charge in [-0.2, -0.15) is 0 Å². The fraction of sp³-hybridized carbons (Fsp3) is 0.545. The number of hydrogen-bond acceptors (Lipinski definition) is 2. The van der Waals surface area contributed by atoms with Crippen molar-refractivity contribution in [3.63, 3.8) is 0 Å². The van der Waals surface area contributed by atoms with Gasteiger partial charge in [-0.05, 0) is 61.6 Å². The molecule has 1 aromatic heterocycles. The lowest BCUT2D eigenvalue weighted by Gasteiger charge is -2.45. The lowest BCUT2D eigenvalue weighted by molar-refractivity contribution is -0.146. The van der Waals surface area contributed by atoms with Gasteiger partial charge in [0.2, 0.25) is 5.91 Å². The van der Waals surface area contributed by atoms with E-state index in [0.717, 1.165) is 42.3 Å². The van der Waals surface area contributed by atoms with Crippen molar-refractivity contribution in [2.45, 2.75) is 57.4 Å². The lowest BCUT2D eigenvalue weighted by atomic mass is 9.73. The molecule has 0 radical (unpaired) electrons. The average Bonchev–Trinajstić information content (AvgIpc) is 3.12. The van der Waals surface area contributed by atoms with Crippen molar-refractivity contribution >= 4 is 34.4 Å². The summed E-state index contributed by atoms with van der Waals surface area (Å²) in [6.07, 6.45) is 6.60. The summed E-state index contributed by atoms with van der Waals surface area (Å²) in [5.41, 5.74) is 2.07. The van der Waals surface area contributed by atoms with Gasteiger partial charge in [0, 0.05) is 36.1 Å². The van der Waals surface area contributed by atoms with E-state index >= 15 is 0 Å². The van der Waals surface area contributed by atoms with Crippen LogP contribution in [0.1, 0.15) is 56.9 Å². The number of halogens is 1. The number of carbonyl (C=O) groups excluding carboxylic acids is 1. The molecule has 4 rings (SSSR count). The minimum Gasteiger partial charge on any atom is -0.481 e. The summed E-state index contributed by atoms with van der Waals surface area (Å²) >= 11 is 6.40. The summed E-state index contributed by atoms with van der Waals surface area (Å²) in [5, 5.41) is 11.1. The highest BCUT2D eigenvalue weighted by Crippen LogP contribution is 2.39. The van der Waals surface area contributed by atoms with Crippen LogP contribution in [0.5, 0.6) is 0 Å². The number of carboxylic acid groups (broad SMARTS) is 1. The van der Waals surface area contributed by atoms with Crippen LogP contribution in [0.25, 0.3) is 10.9 Å². The maximum absolute atomic E-state index is 13.2. The number of carboxylic acids is 1. The zero-order valence-electron chi connectivity index (χ0n) is 16.2. The first-order chi connectivity index (χ1) is 13.5. The Hall–Kier alpha value is -2.01. The number of piperidine rings is 1. The van der Waals surface area contributed by atoms with Crippen molar-refractivity contribution < 1.29 is 14.7 Å². The van der Waals surface area contributed by atoms with Gasteiger partial charge in [-0.1, -0.05) is 24.6 Å². The number of carbonyl (C=O) groups is 2. The van der Waals surface area contributed by atoms with Crippen LogP contribution < -0.4 is 0 Å². The van der Waals surface area contributed by atoms with Gasteiger partial charge in [-0.15, -0.1) is 0 Å². The van der Waals surface area contributed by atoms with Crippen LogP contribution in [-0.4, -0.2) is 39.5 Å². The topological polar surface area (TPSA) is 73.4 Å². The molecular weight excluding hydrogens is 376 g/mol. The first-order valence-electron chi connectivity index (χ1n) is 10.2. The number of likely N-dealkylation sites (tertiary alicyclic amines) is 1. The quantitative estimate of drug-likeness (QED) is 0.770. The van der Waals surface area contributed by atoms with Crippen molar-refractivity contribution in [3.8, 4) is 0 Å². The van der Waals surface area contributed by atoms with Gasteiger partial charge in [0.15, 0.2) is 0 Å². The molecule has 4 unspecified atom stereocenters. The Bertz CT molecular complexity index is 893. The molecule has 1 saturated carbocycles. The molecule has 1 aliphatic carbocycles. The number of hydrogen-bond donors (Lipinski definition) is 2. The first kappa shape index (κ1) is 19.3. The van der Waals surface area contributed by atoms with Gasteiger partial charge in [0.1, 0.15) is 0 Å². The summed E-state index contributed by atoms with van der Waals surface area (Å²) in [7, 11) is 0. The van der Waals surface area contributed by atoms with Gasteiger partial charge >= 0.3 is 5.97 Å². The molecule has 1 aromatic carbocycles. The molecular formula is C22H27ClN2O3. The van der Waals surface area contributed by atoms with E-state index in [1.807, 2.05) is 29.3 Å². The van der Waals surface area contributed by atoms with Crippen molar-refractivity contribution in [1.29, 1.82) is 0 Å².